The molecule has 3 rings (SSSR count). The summed E-state index contributed by atoms with van der Waals surface area (Å²) in [5.74, 6) is 1.92. The third-order valence-electron chi connectivity index (χ3n) is 3.79. The van der Waals surface area contributed by atoms with Gasteiger partial charge < -0.3 is 9.73 Å². The first kappa shape index (κ1) is 13.9. The largest absolute Gasteiger partial charge is 0.465 e. The van der Waals surface area contributed by atoms with Crippen LogP contribution in [0.2, 0.25) is 0 Å². The number of nitrogens with zero attached hydrogens (tertiary/aromatic N) is 2. The van der Waals surface area contributed by atoms with E-state index in [0.717, 1.165) is 30.2 Å². The van der Waals surface area contributed by atoms with Gasteiger partial charge in [0.2, 0.25) is 0 Å². The zero-order valence-electron chi connectivity index (χ0n) is 12.8. The molecule has 0 spiro atoms. The lowest BCUT2D eigenvalue weighted by atomic mass is 10.1. The fourth-order valence-electron chi connectivity index (χ4n) is 2.79. The Morgan fingerprint density at radius 2 is 2.05 bits per heavy atom. The molecule has 0 aliphatic rings. The van der Waals surface area contributed by atoms with Gasteiger partial charge >= 0.3 is 0 Å². The van der Waals surface area contributed by atoms with Crippen LogP contribution in [0, 0.1) is 6.92 Å². The van der Waals surface area contributed by atoms with Gasteiger partial charge in [0.15, 0.2) is 0 Å². The maximum absolute atomic E-state index is 5.79. The molecule has 2 aromatic heterocycles. The van der Waals surface area contributed by atoms with Crippen LogP contribution in [-0.2, 0) is 13.5 Å². The molecule has 110 valence electrons. The van der Waals surface area contributed by atoms with Crippen molar-refractivity contribution >= 4 is 10.9 Å². The van der Waals surface area contributed by atoms with Gasteiger partial charge in [-0.15, -0.1) is 0 Å². The molecule has 0 aliphatic heterocycles. The topological polar surface area (TPSA) is 43.0 Å². The SMILES string of the molecule is CCNC(Cc1nn(C)c2ccccc12)c1ccc(C)o1. The van der Waals surface area contributed by atoms with Crippen LogP contribution in [0.3, 0.4) is 0 Å². The van der Waals surface area contributed by atoms with E-state index in [1.54, 1.807) is 0 Å². The van der Waals surface area contributed by atoms with Gasteiger partial charge in [0.25, 0.3) is 0 Å². The number of hydrogen-bond acceptors (Lipinski definition) is 3. The van der Waals surface area contributed by atoms with Crippen molar-refractivity contribution in [3.63, 3.8) is 0 Å². The highest BCUT2D eigenvalue weighted by Crippen LogP contribution is 2.25. The van der Waals surface area contributed by atoms with Crippen molar-refractivity contribution in [2.24, 2.45) is 7.05 Å². The summed E-state index contributed by atoms with van der Waals surface area (Å²) in [6.07, 6.45) is 0.822. The quantitative estimate of drug-likeness (QED) is 0.780. The van der Waals surface area contributed by atoms with Crippen molar-refractivity contribution in [3.05, 3.63) is 53.6 Å². The van der Waals surface area contributed by atoms with E-state index in [4.69, 9.17) is 4.42 Å². The summed E-state index contributed by atoms with van der Waals surface area (Å²) < 4.78 is 7.74. The Labute approximate surface area is 124 Å². The van der Waals surface area contributed by atoms with Crippen molar-refractivity contribution in [3.8, 4) is 0 Å². The van der Waals surface area contributed by atoms with Gasteiger partial charge in [-0.1, -0.05) is 25.1 Å². The minimum atomic E-state index is 0.155. The van der Waals surface area contributed by atoms with E-state index in [0.29, 0.717) is 0 Å². The number of rotatable bonds is 5. The van der Waals surface area contributed by atoms with Crippen molar-refractivity contribution in [1.29, 1.82) is 0 Å². The number of likely N-dealkylation sites (N-methyl/N-ethyl adjacent to an activating group) is 1. The lowest BCUT2D eigenvalue weighted by Gasteiger charge is -2.14. The van der Waals surface area contributed by atoms with Gasteiger partial charge in [0.05, 0.1) is 17.3 Å². The number of hydrogen-bond donors (Lipinski definition) is 1. The van der Waals surface area contributed by atoms with E-state index in [9.17, 15) is 0 Å². The molecule has 1 aromatic carbocycles. The third-order valence-corrected chi connectivity index (χ3v) is 3.79. The molecule has 1 atom stereocenters. The molecule has 3 aromatic rings. The summed E-state index contributed by atoms with van der Waals surface area (Å²) in [4.78, 5) is 0. The van der Waals surface area contributed by atoms with Crippen LogP contribution >= 0.6 is 0 Å². The predicted molar refractivity (Wildman–Crippen MR) is 84.3 cm³/mol. The van der Waals surface area contributed by atoms with Crippen molar-refractivity contribution in [2.75, 3.05) is 6.54 Å². The Balaban J connectivity index is 1.94. The van der Waals surface area contributed by atoms with Crippen LogP contribution in [0.1, 0.15) is 30.2 Å². The molecule has 0 saturated carbocycles. The zero-order chi connectivity index (χ0) is 14.8. The number of para-hydroxylation sites is 1. The summed E-state index contributed by atoms with van der Waals surface area (Å²) in [5, 5.41) is 9.38. The van der Waals surface area contributed by atoms with Crippen LogP contribution in [0.15, 0.2) is 40.8 Å². The highest BCUT2D eigenvalue weighted by Gasteiger charge is 2.18. The van der Waals surface area contributed by atoms with Crippen LogP contribution in [0.25, 0.3) is 10.9 Å². The van der Waals surface area contributed by atoms with E-state index in [1.807, 2.05) is 36.9 Å². The van der Waals surface area contributed by atoms with Crippen LogP contribution < -0.4 is 5.32 Å². The molecule has 4 heteroatoms. The standard InChI is InChI=1S/C17H21N3O/c1-4-18-15(17-10-9-12(2)21-17)11-14-13-7-5-6-8-16(13)20(3)19-14/h5-10,15,18H,4,11H2,1-3H3. The summed E-state index contributed by atoms with van der Waals surface area (Å²) in [7, 11) is 1.99. The first-order valence-corrected chi connectivity index (χ1v) is 7.39. The maximum atomic E-state index is 5.79. The second-order valence-electron chi connectivity index (χ2n) is 5.35. The van der Waals surface area contributed by atoms with Crippen molar-refractivity contribution in [1.82, 2.24) is 15.1 Å². The van der Waals surface area contributed by atoms with Crippen LogP contribution in [-0.4, -0.2) is 16.3 Å². The molecule has 1 unspecified atom stereocenters. The number of fused-ring (bicyclic) bond motifs is 1. The van der Waals surface area contributed by atoms with E-state index in [1.165, 1.54) is 10.9 Å². The Bertz CT molecular complexity index is 741. The Kier molecular flexibility index (Phi) is 3.80. The highest BCUT2D eigenvalue weighted by molar-refractivity contribution is 5.81. The monoisotopic (exact) mass is 283 g/mol. The average Bonchev–Trinajstić information content (AvgIpc) is 3.04. The maximum Gasteiger partial charge on any atom is 0.121 e. The molecule has 0 amide bonds. The van der Waals surface area contributed by atoms with Gasteiger partial charge in [0, 0.05) is 18.9 Å². The fraction of sp³-hybridized carbons (Fsp3) is 0.353. The molecule has 0 saturated heterocycles. The van der Waals surface area contributed by atoms with E-state index < -0.39 is 0 Å². The molecular formula is C17H21N3O. The minimum Gasteiger partial charge on any atom is -0.465 e. The Hall–Kier alpha value is -2.07. The van der Waals surface area contributed by atoms with E-state index in [-0.39, 0.29) is 6.04 Å². The van der Waals surface area contributed by atoms with Gasteiger partial charge in [-0.3, -0.25) is 4.68 Å². The molecule has 0 fully saturated rings. The summed E-state index contributed by atoms with van der Waals surface area (Å²) in [5.41, 5.74) is 2.27. The normalized spacial score (nSPS) is 12.9. The average molecular weight is 283 g/mol. The smallest absolute Gasteiger partial charge is 0.121 e. The van der Waals surface area contributed by atoms with Crippen LogP contribution in [0.5, 0.6) is 0 Å². The molecule has 0 aliphatic carbocycles. The van der Waals surface area contributed by atoms with E-state index >= 15 is 0 Å². The number of benzene rings is 1. The Morgan fingerprint density at radius 1 is 1.24 bits per heavy atom. The fourth-order valence-corrected chi connectivity index (χ4v) is 2.79. The minimum absolute atomic E-state index is 0.155. The Morgan fingerprint density at radius 3 is 2.76 bits per heavy atom. The van der Waals surface area contributed by atoms with Crippen LogP contribution in [0.4, 0.5) is 0 Å². The number of furan rings is 1. The molecule has 0 bridgehead atoms. The first-order valence-electron chi connectivity index (χ1n) is 7.39. The first-order chi connectivity index (χ1) is 10.2. The van der Waals surface area contributed by atoms with Gasteiger partial charge in [-0.05, 0) is 31.7 Å². The lowest BCUT2D eigenvalue weighted by molar-refractivity contribution is 0.401. The van der Waals surface area contributed by atoms with Gasteiger partial charge in [-0.2, -0.15) is 5.10 Å². The number of aromatic nitrogens is 2. The molecule has 4 nitrogen and oxygen atoms in total. The molecule has 2 heterocycles. The summed E-state index contributed by atoms with van der Waals surface area (Å²) in [6, 6.07) is 12.6. The second kappa shape index (κ2) is 5.74. The zero-order valence-corrected chi connectivity index (χ0v) is 12.8. The second-order valence-corrected chi connectivity index (χ2v) is 5.35. The predicted octanol–water partition coefficient (Wildman–Crippen LogP) is 3.37. The summed E-state index contributed by atoms with van der Waals surface area (Å²) >= 11 is 0. The van der Waals surface area contributed by atoms with Gasteiger partial charge in [-0.25, -0.2) is 0 Å². The van der Waals surface area contributed by atoms with Gasteiger partial charge in [0.1, 0.15) is 11.5 Å². The van der Waals surface area contributed by atoms with E-state index in [2.05, 4.69) is 35.5 Å². The molecule has 1 N–H and O–H groups in total. The lowest BCUT2D eigenvalue weighted by Crippen LogP contribution is -2.22. The highest BCUT2D eigenvalue weighted by atomic mass is 16.3. The van der Waals surface area contributed by atoms with Crippen molar-refractivity contribution in [2.45, 2.75) is 26.3 Å². The number of aryl methyl sites for hydroxylation is 2. The molecular weight excluding hydrogens is 262 g/mol. The number of nitrogens with one attached hydrogen (secondary N) is 1. The molecule has 21 heavy (non-hydrogen) atoms. The summed E-state index contributed by atoms with van der Waals surface area (Å²) in [6.45, 7) is 4.98. The van der Waals surface area contributed by atoms with Crippen molar-refractivity contribution < 1.29 is 4.42 Å². The molecule has 0 radical (unpaired) electrons. The third kappa shape index (κ3) is 2.72.